The summed E-state index contributed by atoms with van der Waals surface area (Å²) >= 11 is 0. The molecule has 9 nitrogen and oxygen atoms in total. The second kappa shape index (κ2) is 14.0. The van der Waals surface area contributed by atoms with Crippen molar-refractivity contribution in [2.24, 2.45) is 5.92 Å². The molecule has 0 saturated carbocycles. The third-order valence-electron chi connectivity index (χ3n) is 6.59. The van der Waals surface area contributed by atoms with Crippen LogP contribution in [0.1, 0.15) is 31.9 Å². The highest BCUT2D eigenvalue weighted by atomic mass is 32.2. The lowest BCUT2D eigenvalue weighted by atomic mass is 10.1. The van der Waals surface area contributed by atoms with Crippen LogP contribution in [-0.2, 0) is 26.2 Å². The Morgan fingerprint density at radius 2 is 1.51 bits per heavy atom. The number of ether oxygens (including phenoxy) is 2. The predicted molar refractivity (Wildman–Crippen MR) is 160 cm³/mol. The molecule has 3 aromatic rings. The highest BCUT2D eigenvalue weighted by Crippen LogP contribution is 2.34. The first-order chi connectivity index (χ1) is 19.5. The topological polar surface area (TPSA) is 105 Å². The van der Waals surface area contributed by atoms with Gasteiger partial charge in [-0.2, -0.15) is 0 Å². The third kappa shape index (κ3) is 8.00. The van der Waals surface area contributed by atoms with Gasteiger partial charge in [0.1, 0.15) is 12.6 Å². The number of amides is 2. The van der Waals surface area contributed by atoms with E-state index < -0.39 is 28.5 Å². The van der Waals surface area contributed by atoms with E-state index in [9.17, 15) is 18.0 Å². The highest BCUT2D eigenvalue weighted by molar-refractivity contribution is 7.92. The van der Waals surface area contributed by atoms with Gasteiger partial charge in [0.05, 0.1) is 24.8 Å². The van der Waals surface area contributed by atoms with Gasteiger partial charge in [0, 0.05) is 19.2 Å². The van der Waals surface area contributed by atoms with Crippen molar-refractivity contribution < 1.29 is 27.5 Å². The number of nitrogens with zero attached hydrogens (tertiary/aromatic N) is 2. The number of aryl methyl sites for hydroxylation is 1. The van der Waals surface area contributed by atoms with Crippen molar-refractivity contribution in [3.05, 3.63) is 83.9 Å². The van der Waals surface area contributed by atoms with E-state index in [1.54, 1.807) is 37.3 Å². The summed E-state index contributed by atoms with van der Waals surface area (Å²) in [5, 5.41) is 2.89. The van der Waals surface area contributed by atoms with Crippen molar-refractivity contribution in [2.45, 2.75) is 45.2 Å². The summed E-state index contributed by atoms with van der Waals surface area (Å²) in [6.45, 7) is 7.61. The van der Waals surface area contributed by atoms with Gasteiger partial charge >= 0.3 is 0 Å². The van der Waals surface area contributed by atoms with Crippen molar-refractivity contribution in [2.75, 3.05) is 31.6 Å². The summed E-state index contributed by atoms with van der Waals surface area (Å²) in [6, 6.07) is 19.3. The molecule has 10 heteroatoms. The van der Waals surface area contributed by atoms with Crippen molar-refractivity contribution in [3.8, 4) is 11.5 Å². The molecular formula is C31H39N3O6S. The minimum absolute atomic E-state index is 0.0235. The van der Waals surface area contributed by atoms with Gasteiger partial charge in [-0.15, -0.1) is 0 Å². The molecule has 3 aromatic carbocycles. The van der Waals surface area contributed by atoms with E-state index in [0.717, 1.165) is 15.4 Å². The number of benzene rings is 3. The summed E-state index contributed by atoms with van der Waals surface area (Å²) in [7, 11) is -1.26. The SMILES string of the molecule is COc1ccc(N(CC(=O)N(Cc2ccc(C)cc2)[C@H](C)C(=O)NCC(C)C)S(=O)(=O)c2ccccc2)cc1OC. The quantitative estimate of drug-likeness (QED) is 0.321. The number of hydrogen-bond donors (Lipinski definition) is 1. The largest absolute Gasteiger partial charge is 0.493 e. The molecule has 1 atom stereocenters. The molecule has 0 aliphatic rings. The monoisotopic (exact) mass is 581 g/mol. The Morgan fingerprint density at radius 1 is 0.878 bits per heavy atom. The van der Waals surface area contributed by atoms with Gasteiger partial charge in [-0.05, 0) is 49.6 Å². The van der Waals surface area contributed by atoms with Gasteiger partial charge in [-0.1, -0.05) is 61.9 Å². The second-order valence-electron chi connectivity index (χ2n) is 10.2. The molecule has 0 fully saturated rings. The Morgan fingerprint density at radius 3 is 2.10 bits per heavy atom. The van der Waals surface area contributed by atoms with Gasteiger partial charge < -0.3 is 19.7 Å². The first kappa shape index (κ1) is 31.5. The molecule has 0 saturated heterocycles. The molecule has 3 rings (SSSR count). The molecule has 220 valence electrons. The van der Waals surface area contributed by atoms with Crippen molar-refractivity contribution in [1.82, 2.24) is 10.2 Å². The van der Waals surface area contributed by atoms with Crippen molar-refractivity contribution in [1.29, 1.82) is 0 Å². The van der Waals surface area contributed by atoms with Crippen molar-refractivity contribution >= 4 is 27.5 Å². The zero-order valence-electron chi connectivity index (χ0n) is 24.5. The van der Waals surface area contributed by atoms with E-state index in [4.69, 9.17) is 9.47 Å². The Bertz CT molecular complexity index is 1430. The molecule has 0 unspecified atom stereocenters. The van der Waals surface area contributed by atoms with Crippen LogP contribution in [0.3, 0.4) is 0 Å². The smallest absolute Gasteiger partial charge is 0.264 e. The first-order valence-electron chi connectivity index (χ1n) is 13.4. The normalized spacial score (nSPS) is 12.0. The minimum Gasteiger partial charge on any atom is -0.493 e. The molecule has 0 aliphatic heterocycles. The Labute approximate surface area is 243 Å². The number of carbonyl (C=O) groups is 2. The van der Waals surface area contributed by atoms with Gasteiger partial charge in [0.25, 0.3) is 10.0 Å². The van der Waals surface area contributed by atoms with Crippen LogP contribution in [-0.4, -0.2) is 58.5 Å². The van der Waals surface area contributed by atoms with Crippen LogP contribution in [0.4, 0.5) is 5.69 Å². The van der Waals surface area contributed by atoms with E-state index >= 15 is 0 Å². The minimum atomic E-state index is -4.18. The Hall–Kier alpha value is -4.05. The molecule has 0 aliphatic carbocycles. The fraction of sp³-hybridized carbons (Fsp3) is 0.355. The summed E-state index contributed by atoms with van der Waals surface area (Å²) in [4.78, 5) is 28.6. The number of nitrogens with one attached hydrogen (secondary N) is 1. The Balaban J connectivity index is 2.05. The molecule has 0 aromatic heterocycles. The van der Waals surface area contributed by atoms with Crippen LogP contribution in [0, 0.1) is 12.8 Å². The first-order valence-corrected chi connectivity index (χ1v) is 14.8. The zero-order chi connectivity index (χ0) is 30.2. The van der Waals surface area contributed by atoms with Crippen LogP contribution >= 0.6 is 0 Å². The molecule has 0 heterocycles. The lowest BCUT2D eigenvalue weighted by Gasteiger charge is -2.32. The summed E-state index contributed by atoms with van der Waals surface area (Å²) < 4.78 is 39.6. The van der Waals surface area contributed by atoms with Gasteiger partial charge in [0.15, 0.2) is 11.5 Å². The van der Waals surface area contributed by atoms with Crippen molar-refractivity contribution in [3.63, 3.8) is 0 Å². The molecule has 0 spiro atoms. The summed E-state index contributed by atoms with van der Waals surface area (Å²) in [5.41, 5.74) is 2.09. The van der Waals surface area contributed by atoms with Crippen LogP contribution in [0.5, 0.6) is 11.5 Å². The number of methoxy groups -OCH3 is 2. The average Bonchev–Trinajstić information content (AvgIpc) is 2.97. The maximum Gasteiger partial charge on any atom is 0.264 e. The second-order valence-corrected chi connectivity index (χ2v) is 12.0. The number of rotatable bonds is 13. The lowest BCUT2D eigenvalue weighted by molar-refractivity contribution is -0.139. The maximum atomic E-state index is 14.0. The van der Waals surface area contributed by atoms with Crippen LogP contribution in [0.2, 0.25) is 0 Å². The zero-order valence-corrected chi connectivity index (χ0v) is 25.3. The van der Waals surface area contributed by atoms with Gasteiger partial charge in [-0.3, -0.25) is 13.9 Å². The molecule has 1 N–H and O–H groups in total. The van der Waals surface area contributed by atoms with E-state index in [1.165, 1.54) is 37.3 Å². The molecule has 41 heavy (non-hydrogen) atoms. The maximum absolute atomic E-state index is 14.0. The molecule has 0 radical (unpaired) electrons. The van der Waals surface area contributed by atoms with E-state index in [-0.39, 0.29) is 29.0 Å². The summed E-state index contributed by atoms with van der Waals surface area (Å²) in [6.07, 6.45) is 0. The Kier molecular flexibility index (Phi) is 10.8. The van der Waals surface area contributed by atoms with Gasteiger partial charge in [-0.25, -0.2) is 8.42 Å². The van der Waals surface area contributed by atoms with E-state index in [0.29, 0.717) is 18.0 Å². The van der Waals surface area contributed by atoms with E-state index in [1.807, 2.05) is 45.0 Å². The van der Waals surface area contributed by atoms with Crippen LogP contribution < -0.4 is 19.1 Å². The van der Waals surface area contributed by atoms with Crippen LogP contribution in [0.15, 0.2) is 77.7 Å². The number of hydrogen-bond acceptors (Lipinski definition) is 6. The highest BCUT2D eigenvalue weighted by Gasteiger charge is 2.33. The third-order valence-corrected chi connectivity index (χ3v) is 8.38. The average molecular weight is 582 g/mol. The number of sulfonamides is 1. The molecule has 2 amide bonds. The predicted octanol–water partition coefficient (Wildman–Crippen LogP) is 4.40. The molecule has 0 bridgehead atoms. The van der Waals surface area contributed by atoms with Crippen LogP contribution in [0.25, 0.3) is 0 Å². The lowest BCUT2D eigenvalue weighted by Crippen LogP contribution is -2.51. The fourth-order valence-corrected chi connectivity index (χ4v) is 5.58. The van der Waals surface area contributed by atoms with Gasteiger partial charge in [0.2, 0.25) is 11.8 Å². The van der Waals surface area contributed by atoms with E-state index in [2.05, 4.69) is 5.32 Å². The summed E-state index contributed by atoms with van der Waals surface area (Å²) in [5.74, 6) is 0.0958. The standard InChI is InChI=1S/C31H39N3O6S/c1-22(2)19-32-31(36)24(4)33(20-25-14-12-23(3)13-15-25)30(35)21-34(41(37,38)27-10-8-7-9-11-27)26-16-17-28(39-5)29(18-26)40-6/h7-18,22,24H,19-21H2,1-6H3,(H,32,36)/t24-/m1/s1. The molecular weight excluding hydrogens is 542 g/mol. The number of carbonyl (C=O) groups excluding carboxylic acids is 2. The number of anilines is 1. The fourth-order valence-electron chi connectivity index (χ4n) is 4.15.